The lowest BCUT2D eigenvalue weighted by molar-refractivity contribution is -0.162. The number of rotatable bonds is 26. The zero-order valence-electron chi connectivity index (χ0n) is 23.0. The van der Waals surface area contributed by atoms with Crippen LogP contribution in [0.25, 0.3) is 0 Å². The second-order valence-electron chi connectivity index (χ2n) is 9.70. The molecule has 9 heteroatoms. The van der Waals surface area contributed by atoms with Gasteiger partial charge < -0.3 is 29.5 Å². The molecule has 0 bridgehead atoms. The van der Waals surface area contributed by atoms with Crippen LogP contribution >= 0.6 is 0 Å². The molecular weight excluding hydrogens is 480 g/mol. The predicted octanol–water partition coefficient (Wildman–Crippen LogP) is 4.37. The van der Waals surface area contributed by atoms with Crippen molar-refractivity contribution in [3.63, 3.8) is 0 Å². The molecule has 0 aliphatic carbocycles. The topological polar surface area (TPSA) is 140 Å². The summed E-state index contributed by atoms with van der Waals surface area (Å²) in [5.74, 6) is -1.84. The fourth-order valence-corrected chi connectivity index (χ4v) is 3.79. The van der Waals surface area contributed by atoms with Crippen molar-refractivity contribution in [2.75, 3.05) is 26.4 Å². The first kappa shape index (κ1) is 35.3. The molecule has 9 nitrogen and oxygen atoms in total. The molecule has 0 spiro atoms. The smallest absolute Gasteiger partial charge is 0.306 e. The molecule has 0 aromatic rings. The van der Waals surface area contributed by atoms with Crippen molar-refractivity contribution in [3.8, 4) is 0 Å². The van der Waals surface area contributed by atoms with Gasteiger partial charge in [-0.25, -0.2) is 0 Å². The van der Waals surface area contributed by atoms with Crippen molar-refractivity contribution < 1.29 is 43.9 Å². The molecule has 0 saturated heterocycles. The second kappa shape index (κ2) is 25.9. The standard InChI is InChI=1S/C28H52O9/c1-2-3-4-5-6-7-8-9-10-11-12-13-14-15-16-17-28(34)37-25(21-30)23-36-27(33)19-18-26(32)35-22-24(31)20-29/h24-25,29-31H,2-23H2,1H3. The highest BCUT2D eigenvalue weighted by atomic mass is 16.6. The van der Waals surface area contributed by atoms with Gasteiger partial charge >= 0.3 is 17.9 Å². The van der Waals surface area contributed by atoms with Crippen LogP contribution in [-0.2, 0) is 28.6 Å². The molecule has 0 fully saturated rings. The number of hydrogen-bond donors (Lipinski definition) is 3. The van der Waals surface area contributed by atoms with Gasteiger partial charge in [0.05, 0.1) is 26.1 Å². The molecule has 218 valence electrons. The van der Waals surface area contributed by atoms with Crippen molar-refractivity contribution in [1.82, 2.24) is 0 Å². The molecule has 37 heavy (non-hydrogen) atoms. The third-order valence-electron chi connectivity index (χ3n) is 6.10. The molecular formula is C28H52O9. The number of esters is 3. The maximum Gasteiger partial charge on any atom is 0.306 e. The number of unbranched alkanes of at least 4 members (excludes halogenated alkanes) is 14. The maximum atomic E-state index is 12.0. The molecule has 0 heterocycles. The largest absolute Gasteiger partial charge is 0.463 e. The van der Waals surface area contributed by atoms with Gasteiger partial charge in [-0.05, 0) is 6.42 Å². The van der Waals surface area contributed by atoms with E-state index in [1.807, 2.05) is 0 Å². The van der Waals surface area contributed by atoms with Gasteiger partial charge in [-0.15, -0.1) is 0 Å². The lowest BCUT2D eigenvalue weighted by Crippen LogP contribution is -2.28. The Balaban J connectivity index is 3.65. The van der Waals surface area contributed by atoms with Gasteiger partial charge in [0.25, 0.3) is 0 Å². The second-order valence-corrected chi connectivity index (χ2v) is 9.70. The molecule has 0 aromatic carbocycles. The van der Waals surface area contributed by atoms with Gasteiger partial charge in [0.2, 0.25) is 0 Å². The highest BCUT2D eigenvalue weighted by molar-refractivity contribution is 5.77. The van der Waals surface area contributed by atoms with E-state index in [-0.39, 0.29) is 32.5 Å². The van der Waals surface area contributed by atoms with Crippen LogP contribution in [0.1, 0.15) is 122 Å². The molecule has 2 unspecified atom stereocenters. The van der Waals surface area contributed by atoms with E-state index < -0.39 is 43.3 Å². The van der Waals surface area contributed by atoms with Gasteiger partial charge in [-0.1, -0.05) is 96.8 Å². The Morgan fingerprint density at radius 3 is 1.43 bits per heavy atom. The minimum atomic E-state index is -1.16. The predicted molar refractivity (Wildman–Crippen MR) is 141 cm³/mol. The van der Waals surface area contributed by atoms with Gasteiger partial charge in [-0.2, -0.15) is 0 Å². The molecule has 3 N–H and O–H groups in total. The summed E-state index contributed by atoms with van der Waals surface area (Å²) in [5, 5.41) is 27.1. The van der Waals surface area contributed by atoms with Crippen LogP contribution in [0.15, 0.2) is 0 Å². The SMILES string of the molecule is CCCCCCCCCCCCCCCCCC(=O)OC(CO)COC(=O)CCC(=O)OCC(O)CO. The average Bonchev–Trinajstić information content (AvgIpc) is 2.90. The van der Waals surface area contributed by atoms with Crippen LogP contribution in [-0.4, -0.2) is 71.9 Å². The number of aliphatic hydroxyl groups excluding tert-OH is 3. The lowest BCUT2D eigenvalue weighted by atomic mass is 10.0. The van der Waals surface area contributed by atoms with E-state index in [0.29, 0.717) is 0 Å². The number of ether oxygens (including phenoxy) is 3. The first-order valence-corrected chi connectivity index (χ1v) is 14.3. The van der Waals surface area contributed by atoms with E-state index in [1.54, 1.807) is 0 Å². The average molecular weight is 533 g/mol. The fraction of sp³-hybridized carbons (Fsp3) is 0.893. The zero-order valence-corrected chi connectivity index (χ0v) is 23.0. The molecule has 0 amide bonds. The van der Waals surface area contributed by atoms with Crippen molar-refractivity contribution in [2.45, 2.75) is 135 Å². The highest BCUT2D eigenvalue weighted by Gasteiger charge is 2.17. The summed E-state index contributed by atoms with van der Waals surface area (Å²) in [4.78, 5) is 35.2. The molecule has 0 aliphatic heterocycles. The van der Waals surface area contributed by atoms with Crippen molar-refractivity contribution in [3.05, 3.63) is 0 Å². The van der Waals surface area contributed by atoms with Crippen molar-refractivity contribution >= 4 is 17.9 Å². The summed E-state index contributed by atoms with van der Waals surface area (Å²) < 4.78 is 14.8. The monoisotopic (exact) mass is 532 g/mol. The summed E-state index contributed by atoms with van der Waals surface area (Å²) in [6, 6.07) is 0. The zero-order chi connectivity index (χ0) is 27.6. The van der Waals surface area contributed by atoms with E-state index in [9.17, 15) is 19.5 Å². The summed E-state index contributed by atoms with van der Waals surface area (Å²) in [6.45, 7) is 0.595. The first-order chi connectivity index (χ1) is 17.9. The maximum absolute atomic E-state index is 12.0. The normalized spacial score (nSPS) is 12.6. The quantitative estimate of drug-likeness (QED) is 0.0841. The summed E-state index contributed by atoms with van der Waals surface area (Å²) >= 11 is 0. The molecule has 2 atom stereocenters. The van der Waals surface area contributed by atoms with E-state index >= 15 is 0 Å². The van der Waals surface area contributed by atoms with Gasteiger partial charge in [0, 0.05) is 6.42 Å². The van der Waals surface area contributed by atoms with E-state index in [1.165, 1.54) is 77.0 Å². The summed E-state index contributed by atoms with van der Waals surface area (Å²) in [7, 11) is 0. The Hall–Kier alpha value is -1.71. The minimum Gasteiger partial charge on any atom is -0.463 e. The van der Waals surface area contributed by atoms with Crippen LogP contribution in [0.3, 0.4) is 0 Å². The number of carbonyl (C=O) groups excluding carboxylic acids is 3. The van der Waals surface area contributed by atoms with E-state index in [4.69, 9.17) is 19.7 Å². The Kier molecular flexibility index (Phi) is 24.7. The minimum absolute atomic E-state index is 0.250. The number of aliphatic hydroxyl groups is 3. The third kappa shape index (κ3) is 24.4. The molecule has 0 aromatic heterocycles. The summed E-state index contributed by atoms with van der Waals surface area (Å²) in [6.07, 6.45) is 16.3. The molecule has 0 radical (unpaired) electrons. The number of carbonyl (C=O) groups is 3. The Bertz CT molecular complexity index is 568. The van der Waals surface area contributed by atoms with Gasteiger partial charge in [0.1, 0.15) is 19.3 Å². The summed E-state index contributed by atoms with van der Waals surface area (Å²) in [5.41, 5.74) is 0. The van der Waals surface area contributed by atoms with Crippen LogP contribution in [0.4, 0.5) is 0 Å². The number of hydrogen-bond acceptors (Lipinski definition) is 9. The van der Waals surface area contributed by atoms with Crippen LogP contribution in [0.5, 0.6) is 0 Å². The van der Waals surface area contributed by atoms with Crippen molar-refractivity contribution in [1.29, 1.82) is 0 Å². The Labute approximate surface area is 223 Å². The van der Waals surface area contributed by atoms with Gasteiger partial charge in [-0.3, -0.25) is 14.4 Å². The fourth-order valence-electron chi connectivity index (χ4n) is 3.79. The third-order valence-corrected chi connectivity index (χ3v) is 6.10. The molecule has 0 rings (SSSR count). The first-order valence-electron chi connectivity index (χ1n) is 14.3. The van der Waals surface area contributed by atoms with Crippen LogP contribution < -0.4 is 0 Å². The van der Waals surface area contributed by atoms with Crippen LogP contribution in [0, 0.1) is 0 Å². The Morgan fingerprint density at radius 2 is 1.00 bits per heavy atom. The van der Waals surface area contributed by atoms with E-state index in [0.717, 1.165) is 19.3 Å². The lowest BCUT2D eigenvalue weighted by Gasteiger charge is -2.15. The molecule has 0 saturated carbocycles. The van der Waals surface area contributed by atoms with Gasteiger partial charge in [0.15, 0.2) is 6.10 Å². The molecule has 0 aliphatic rings. The van der Waals surface area contributed by atoms with Crippen molar-refractivity contribution in [2.24, 2.45) is 0 Å². The highest BCUT2D eigenvalue weighted by Crippen LogP contribution is 2.14. The Morgan fingerprint density at radius 1 is 0.568 bits per heavy atom. The van der Waals surface area contributed by atoms with Crippen LogP contribution in [0.2, 0.25) is 0 Å². The van der Waals surface area contributed by atoms with E-state index in [2.05, 4.69) is 11.7 Å².